The van der Waals surface area contributed by atoms with Crippen molar-refractivity contribution in [2.45, 2.75) is 46.5 Å². The molecule has 19 heavy (non-hydrogen) atoms. The highest BCUT2D eigenvalue weighted by Crippen LogP contribution is 2.29. The zero-order valence-corrected chi connectivity index (χ0v) is 13.5. The SMILES string of the molecule is CN1CCN(CCC[C@H](CCO)CC(C)(C)C)CC1. The minimum absolute atomic E-state index is 0.343. The monoisotopic (exact) mass is 270 g/mol. The van der Waals surface area contributed by atoms with Crippen molar-refractivity contribution in [2.24, 2.45) is 11.3 Å². The number of hydrogen-bond donors (Lipinski definition) is 1. The second-order valence-electron chi connectivity index (χ2n) is 7.43. The Bertz CT molecular complexity index is 229. The number of likely N-dealkylation sites (N-methyl/N-ethyl adjacent to an activating group) is 1. The van der Waals surface area contributed by atoms with Crippen LogP contribution >= 0.6 is 0 Å². The predicted molar refractivity (Wildman–Crippen MR) is 82.4 cm³/mol. The van der Waals surface area contributed by atoms with Crippen molar-refractivity contribution >= 4 is 0 Å². The normalized spacial score (nSPS) is 20.7. The van der Waals surface area contributed by atoms with E-state index in [0.717, 1.165) is 6.42 Å². The fraction of sp³-hybridized carbons (Fsp3) is 1.00. The molecule has 0 spiro atoms. The maximum absolute atomic E-state index is 9.19. The molecule has 114 valence electrons. The molecule has 0 unspecified atom stereocenters. The quantitative estimate of drug-likeness (QED) is 0.770. The van der Waals surface area contributed by atoms with Crippen LogP contribution in [0.15, 0.2) is 0 Å². The fourth-order valence-electron chi connectivity index (χ4n) is 3.07. The van der Waals surface area contributed by atoms with Crippen LogP contribution < -0.4 is 0 Å². The largest absolute Gasteiger partial charge is 0.396 e. The van der Waals surface area contributed by atoms with E-state index in [4.69, 9.17) is 0 Å². The van der Waals surface area contributed by atoms with Gasteiger partial charge in [0.2, 0.25) is 0 Å². The van der Waals surface area contributed by atoms with Crippen molar-refractivity contribution in [2.75, 3.05) is 46.4 Å². The molecule has 1 aliphatic heterocycles. The summed E-state index contributed by atoms with van der Waals surface area (Å²) in [4.78, 5) is 5.00. The van der Waals surface area contributed by atoms with E-state index in [1.54, 1.807) is 0 Å². The summed E-state index contributed by atoms with van der Waals surface area (Å²) in [5, 5.41) is 9.19. The van der Waals surface area contributed by atoms with E-state index in [2.05, 4.69) is 37.6 Å². The second-order valence-corrected chi connectivity index (χ2v) is 7.43. The lowest BCUT2D eigenvalue weighted by molar-refractivity contribution is 0.145. The Hall–Kier alpha value is -0.120. The third-order valence-corrected chi connectivity index (χ3v) is 4.12. The molecule has 0 radical (unpaired) electrons. The van der Waals surface area contributed by atoms with Gasteiger partial charge in [-0.15, -0.1) is 0 Å². The minimum Gasteiger partial charge on any atom is -0.396 e. The Morgan fingerprint density at radius 3 is 2.21 bits per heavy atom. The Kier molecular flexibility index (Phi) is 7.33. The van der Waals surface area contributed by atoms with Crippen molar-refractivity contribution in [1.82, 2.24) is 9.80 Å². The Balaban J connectivity index is 2.20. The highest BCUT2D eigenvalue weighted by molar-refractivity contribution is 4.72. The first kappa shape index (κ1) is 16.9. The molecule has 1 rings (SSSR count). The van der Waals surface area contributed by atoms with Gasteiger partial charge in [0.25, 0.3) is 0 Å². The van der Waals surface area contributed by atoms with Crippen molar-refractivity contribution in [3.05, 3.63) is 0 Å². The average Bonchev–Trinajstić information content (AvgIpc) is 2.30. The molecule has 0 aromatic heterocycles. The summed E-state index contributed by atoms with van der Waals surface area (Å²) in [5.74, 6) is 0.692. The molecule has 0 bridgehead atoms. The van der Waals surface area contributed by atoms with Gasteiger partial charge in [-0.2, -0.15) is 0 Å². The molecule has 0 saturated carbocycles. The van der Waals surface area contributed by atoms with Crippen LogP contribution in [0.4, 0.5) is 0 Å². The molecule has 3 heteroatoms. The van der Waals surface area contributed by atoms with Crippen LogP contribution in [0.1, 0.15) is 46.5 Å². The maximum atomic E-state index is 9.19. The number of nitrogens with zero attached hydrogens (tertiary/aromatic N) is 2. The maximum Gasteiger partial charge on any atom is 0.0433 e. The lowest BCUT2D eigenvalue weighted by atomic mass is 9.81. The van der Waals surface area contributed by atoms with Crippen LogP contribution in [0.5, 0.6) is 0 Å². The van der Waals surface area contributed by atoms with Gasteiger partial charge >= 0.3 is 0 Å². The second kappa shape index (κ2) is 8.23. The van der Waals surface area contributed by atoms with E-state index in [-0.39, 0.29) is 0 Å². The van der Waals surface area contributed by atoms with Gasteiger partial charge in [-0.25, -0.2) is 0 Å². The molecule has 1 atom stereocenters. The van der Waals surface area contributed by atoms with Crippen LogP contribution in [-0.4, -0.2) is 61.3 Å². The first-order valence-electron chi connectivity index (χ1n) is 7.92. The molecule has 3 nitrogen and oxygen atoms in total. The number of piperazine rings is 1. The Morgan fingerprint density at radius 2 is 1.68 bits per heavy atom. The molecule has 0 aliphatic carbocycles. The summed E-state index contributed by atoms with van der Waals surface area (Å²) in [6, 6.07) is 0. The number of rotatable bonds is 7. The summed E-state index contributed by atoms with van der Waals surface area (Å²) in [6.07, 6.45) is 4.75. The van der Waals surface area contributed by atoms with Crippen molar-refractivity contribution in [1.29, 1.82) is 0 Å². The summed E-state index contributed by atoms with van der Waals surface area (Å²) in [5.41, 5.74) is 0.383. The smallest absolute Gasteiger partial charge is 0.0433 e. The van der Waals surface area contributed by atoms with Crippen LogP contribution in [-0.2, 0) is 0 Å². The van der Waals surface area contributed by atoms with Gasteiger partial charge in [0.05, 0.1) is 0 Å². The van der Waals surface area contributed by atoms with Gasteiger partial charge in [0.15, 0.2) is 0 Å². The standard InChI is InChI=1S/C16H34N2O/c1-16(2,3)14-15(7-13-19)6-5-8-18-11-9-17(4)10-12-18/h15,19H,5-14H2,1-4H3/t15-/m1/s1. The molecule has 1 fully saturated rings. The van der Waals surface area contributed by atoms with Crippen LogP contribution in [0.2, 0.25) is 0 Å². The zero-order chi connectivity index (χ0) is 14.3. The lowest BCUT2D eigenvalue weighted by Gasteiger charge is -2.33. The molecule has 0 aromatic carbocycles. The molecule has 1 N–H and O–H groups in total. The summed E-state index contributed by atoms with van der Waals surface area (Å²) in [7, 11) is 2.21. The Labute approximate surface area is 120 Å². The molecule has 1 saturated heterocycles. The van der Waals surface area contributed by atoms with Gasteiger partial charge in [-0.05, 0) is 50.6 Å². The van der Waals surface area contributed by atoms with Gasteiger partial charge in [-0.3, -0.25) is 0 Å². The molecular formula is C16H34N2O. The number of hydrogen-bond acceptors (Lipinski definition) is 3. The molecule has 1 aliphatic rings. The van der Waals surface area contributed by atoms with E-state index >= 15 is 0 Å². The van der Waals surface area contributed by atoms with Crippen molar-refractivity contribution in [3.8, 4) is 0 Å². The van der Waals surface area contributed by atoms with E-state index < -0.39 is 0 Å². The minimum atomic E-state index is 0.343. The van der Waals surface area contributed by atoms with E-state index in [1.807, 2.05) is 0 Å². The first-order chi connectivity index (χ1) is 8.90. The third kappa shape index (κ3) is 7.91. The van der Waals surface area contributed by atoms with Crippen LogP contribution in [0, 0.1) is 11.3 Å². The first-order valence-corrected chi connectivity index (χ1v) is 7.92. The van der Waals surface area contributed by atoms with Gasteiger partial charge in [-0.1, -0.05) is 20.8 Å². The summed E-state index contributed by atoms with van der Waals surface area (Å²) < 4.78 is 0. The van der Waals surface area contributed by atoms with Gasteiger partial charge in [0.1, 0.15) is 0 Å². The van der Waals surface area contributed by atoms with Crippen LogP contribution in [0.25, 0.3) is 0 Å². The van der Waals surface area contributed by atoms with Gasteiger partial charge < -0.3 is 14.9 Å². The Morgan fingerprint density at radius 1 is 1.05 bits per heavy atom. The van der Waals surface area contributed by atoms with Crippen molar-refractivity contribution < 1.29 is 5.11 Å². The predicted octanol–water partition coefficient (Wildman–Crippen LogP) is 2.45. The topological polar surface area (TPSA) is 26.7 Å². The van der Waals surface area contributed by atoms with E-state index in [1.165, 1.54) is 52.0 Å². The number of aliphatic hydroxyl groups is 1. The highest BCUT2D eigenvalue weighted by atomic mass is 16.3. The average molecular weight is 270 g/mol. The highest BCUT2D eigenvalue weighted by Gasteiger charge is 2.19. The van der Waals surface area contributed by atoms with E-state index in [9.17, 15) is 5.11 Å². The van der Waals surface area contributed by atoms with Crippen molar-refractivity contribution in [3.63, 3.8) is 0 Å². The molecule has 0 amide bonds. The molecule has 0 aromatic rings. The summed E-state index contributed by atoms with van der Waals surface area (Å²) in [6.45, 7) is 13.4. The van der Waals surface area contributed by atoms with Gasteiger partial charge in [0, 0.05) is 32.8 Å². The van der Waals surface area contributed by atoms with E-state index in [0.29, 0.717) is 17.9 Å². The zero-order valence-electron chi connectivity index (χ0n) is 13.5. The molecular weight excluding hydrogens is 236 g/mol. The molecule has 1 heterocycles. The lowest BCUT2D eigenvalue weighted by Crippen LogP contribution is -2.44. The fourth-order valence-corrected chi connectivity index (χ4v) is 3.07. The van der Waals surface area contributed by atoms with Crippen LogP contribution in [0.3, 0.4) is 0 Å². The number of aliphatic hydroxyl groups excluding tert-OH is 1. The summed E-state index contributed by atoms with van der Waals surface area (Å²) >= 11 is 0. The third-order valence-electron chi connectivity index (χ3n) is 4.12.